The molecule has 2 aromatic rings. The van der Waals surface area contributed by atoms with Crippen LogP contribution >= 0.6 is 11.6 Å². The summed E-state index contributed by atoms with van der Waals surface area (Å²) in [5.74, 6) is 0.454. The Kier molecular flexibility index (Phi) is 3.24. The molecule has 1 N–H and O–H groups in total. The minimum Gasteiger partial charge on any atom is -0.310 e. The van der Waals surface area contributed by atoms with E-state index in [0.717, 1.165) is 30.0 Å². The summed E-state index contributed by atoms with van der Waals surface area (Å²) < 4.78 is 14.3. The summed E-state index contributed by atoms with van der Waals surface area (Å²) in [5.41, 5.74) is 3.30. The Morgan fingerprint density at radius 2 is 1.90 bits per heavy atom. The van der Waals surface area contributed by atoms with Crippen LogP contribution in [0.15, 0.2) is 42.5 Å². The van der Waals surface area contributed by atoms with Crippen molar-refractivity contribution >= 4 is 11.6 Å². The Hall–Kier alpha value is -1.38. The molecule has 1 nitrogen and oxygen atoms in total. The minimum atomic E-state index is -0.102. The Balaban J connectivity index is 1.89. The molecular formula is C18H17ClFN. The van der Waals surface area contributed by atoms with Crippen molar-refractivity contribution in [3.05, 3.63) is 70.0 Å². The Labute approximate surface area is 129 Å². The molecule has 2 aromatic carbocycles. The number of rotatable bonds is 1. The largest absolute Gasteiger partial charge is 0.310 e. The quantitative estimate of drug-likeness (QED) is 0.807. The molecule has 0 radical (unpaired) electrons. The molecule has 2 aliphatic rings. The van der Waals surface area contributed by atoms with Gasteiger partial charge < -0.3 is 5.32 Å². The first-order valence-electron chi connectivity index (χ1n) is 7.53. The van der Waals surface area contributed by atoms with E-state index in [2.05, 4.69) is 11.4 Å². The Morgan fingerprint density at radius 1 is 1.05 bits per heavy atom. The lowest BCUT2D eigenvalue weighted by molar-refractivity contribution is 0.284. The smallest absolute Gasteiger partial charge is 0.127 e. The second-order valence-electron chi connectivity index (χ2n) is 6.01. The van der Waals surface area contributed by atoms with Crippen LogP contribution in [0.1, 0.15) is 41.5 Å². The summed E-state index contributed by atoms with van der Waals surface area (Å²) in [5, 5.41) is 4.36. The van der Waals surface area contributed by atoms with Crippen molar-refractivity contribution in [1.82, 2.24) is 5.32 Å². The molecule has 3 atom stereocenters. The third-order valence-corrected chi connectivity index (χ3v) is 5.13. The molecule has 1 saturated heterocycles. The van der Waals surface area contributed by atoms with E-state index >= 15 is 0 Å². The van der Waals surface area contributed by atoms with Crippen LogP contribution in [0.4, 0.5) is 4.39 Å². The van der Waals surface area contributed by atoms with Gasteiger partial charge >= 0.3 is 0 Å². The number of nitrogens with one attached hydrogen (secondary N) is 1. The van der Waals surface area contributed by atoms with Crippen LogP contribution < -0.4 is 5.32 Å². The van der Waals surface area contributed by atoms with Gasteiger partial charge in [0.25, 0.3) is 0 Å². The van der Waals surface area contributed by atoms with E-state index in [1.807, 2.05) is 24.3 Å². The van der Waals surface area contributed by atoms with Gasteiger partial charge in [-0.1, -0.05) is 35.9 Å². The molecular weight excluding hydrogens is 285 g/mol. The van der Waals surface area contributed by atoms with Gasteiger partial charge in [-0.15, -0.1) is 0 Å². The zero-order chi connectivity index (χ0) is 14.4. The topological polar surface area (TPSA) is 12.0 Å². The fourth-order valence-corrected chi connectivity index (χ4v) is 4.25. The molecule has 0 amide bonds. The molecule has 1 fully saturated rings. The minimum absolute atomic E-state index is 0.102. The van der Waals surface area contributed by atoms with Gasteiger partial charge in [-0.25, -0.2) is 4.39 Å². The third-order valence-electron chi connectivity index (χ3n) is 4.89. The van der Waals surface area contributed by atoms with Crippen LogP contribution in [-0.2, 0) is 0 Å². The van der Waals surface area contributed by atoms with Crippen molar-refractivity contribution in [2.24, 2.45) is 5.92 Å². The van der Waals surface area contributed by atoms with Gasteiger partial charge in [0.2, 0.25) is 0 Å². The van der Waals surface area contributed by atoms with Gasteiger partial charge in [-0.2, -0.15) is 0 Å². The van der Waals surface area contributed by atoms with Crippen LogP contribution in [0, 0.1) is 11.7 Å². The number of hydrogen-bond donors (Lipinski definition) is 1. The monoisotopic (exact) mass is 301 g/mol. The second kappa shape index (κ2) is 5.11. The van der Waals surface area contributed by atoms with Crippen molar-refractivity contribution < 1.29 is 4.39 Å². The number of benzene rings is 2. The normalized spacial score (nSPS) is 27.2. The molecule has 1 aliphatic heterocycles. The summed E-state index contributed by atoms with van der Waals surface area (Å²) >= 11 is 6.18. The molecule has 1 heterocycles. The molecule has 0 aromatic heterocycles. The predicted octanol–water partition coefficient (Wildman–Crippen LogP) is 4.67. The van der Waals surface area contributed by atoms with Crippen LogP contribution in [0.5, 0.6) is 0 Å². The van der Waals surface area contributed by atoms with Crippen LogP contribution in [0.2, 0.25) is 5.02 Å². The predicted molar refractivity (Wildman–Crippen MR) is 83.2 cm³/mol. The number of fused-ring (bicyclic) bond motifs is 3. The molecule has 108 valence electrons. The zero-order valence-electron chi connectivity index (χ0n) is 11.7. The first kappa shape index (κ1) is 13.3. The number of halogens is 2. The van der Waals surface area contributed by atoms with E-state index in [0.29, 0.717) is 12.0 Å². The van der Waals surface area contributed by atoms with Gasteiger partial charge in [0.1, 0.15) is 5.82 Å². The number of hydrogen-bond acceptors (Lipinski definition) is 1. The van der Waals surface area contributed by atoms with Crippen molar-refractivity contribution in [3.8, 4) is 0 Å². The van der Waals surface area contributed by atoms with E-state index in [1.165, 1.54) is 11.1 Å². The van der Waals surface area contributed by atoms with E-state index < -0.39 is 0 Å². The Morgan fingerprint density at radius 3 is 2.76 bits per heavy atom. The van der Waals surface area contributed by atoms with Gasteiger partial charge in [-0.3, -0.25) is 0 Å². The van der Waals surface area contributed by atoms with E-state index in [4.69, 9.17) is 11.6 Å². The average molecular weight is 302 g/mol. The molecule has 3 heteroatoms. The first-order chi connectivity index (χ1) is 10.3. The lowest BCUT2D eigenvalue weighted by Crippen LogP contribution is -2.33. The van der Waals surface area contributed by atoms with E-state index in [9.17, 15) is 4.39 Å². The highest BCUT2D eigenvalue weighted by Gasteiger charge is 2.43. The van der Waals surface area contributed by atoms with Crippen LogP contribution in [0.3, 0.4) is 0 Å². The summed E-state index contributed by atoms with van der Waals surface area (Å²) in [7, 11) is 0. The summed E-state index contributed by atoms with van der Waals surface area (Å²) in [4.78, 5) is 0. The van der Waals surface area contributed by atoms with Gasteiger partial charge in [0, 0.05) is 17.0 Å². The first-order valence-corrected chi connectivity index (χ1v) is 7.90. The van der Waals surface area contributed by atoms with Crippen LogP contribution in [-0.4, -0.2) is 6.54 Å². The molecule has 1 aliphatic carbocycles. The zero-order valence-corrected chi connectivity index (χ0v) is 12.4. The summed E-state index contributed by atoms with van der Waals surface area (Å²) in [6.45, 7) is 1.02. The molecule has 21 heavy (non-hydrogen) atoms. The number of piperidine rings is 1. The maximum Gasteiger partial charge on any atom is 0.127 e. The lowest BCUT2D eigenvalue weighted by Gasteiger charge is -2.31. The van der Waals surface area contributed by atoms with Gasteiger partial charge in [0.15, 0.2) is 0 Å². The highest BCUT2D eigenvalue weighted by Crippen LogP contribution is 2.52. The van der Waals surface area contributed by atoms with E-state index in [1.54, 1.807) is 12.1 Å². The summed E-state index contributed by atoms with van der Waals surface area (Å²) in [6.07, 6.45) is 2.27. The average Bonchev–Trinajstić information content (AvgIpc) is 2.82. The SMILES string of the molecule is Fc1ccccc1C1c2ccc(Cl)cc2C2NCCCC21. The molecule has 0 saturated carbocycles. The van der Waals surface area contributed by atoms with Crippen LogP contribution in [0.25, 0.3) is 0 Å². The fraction of sp³-hybridized carbons (Fsp3) is 0.333. The maximum absolute atomic E-state index is 14.3. The highest BCUT2D eigenvalue weighted by molar-refractivity contribution is 6.30. The molecule has 0 spiro atoms. The van der Waals surface area contributed by atoms with Gasteiger partial charge in [-0.05, 0) is 60.2 Å². The fourth-order valence-electron chi connectivity index (χ4n) is 4.07. The molecule has 4 rings (SSSR count). The Bertz CT molecular complexity index is 685. The van der Waals surface area contributed by atoms with Crippen molar-refractivity contribution in [1.29, 1.82) is 0 Å². The van der Waals surface area contributed by atoms with Crippen molar-refractivity contribution in [2.75, 3.05) is 6.54 Å². The summed E-state index contributed by atoms with van der Waals surface area (Å²) in [6, 6.07) is 13.5. The highest BCUT2D eigenvalue weighted by atomic mass is 35.5. The van der Waals surface area contributed by atoms with Crippen molar-refractivity contribution in [3.63, 3.8) is 0 Å². The lowest BCUT2D eigenvalue weighted by atomic mass is 9.80. The maximum atomic E-state index is 14.3. The molecule has 0 bridgehead atoms. The third kappa shape index (κ3) is 2.09. The standard InChI is InChI=1S/C18H17ClFN/c19-11-7-8-12-15(10-11)18-14(5-3-9-21-18)17(12)13-4-1-2-6-16(13)20/h1-2,4,6-8,10,14,17-18,21H,3,5,9H2. The van der Waals surface area contributed by atoms with Crippen molar-refractivity contribution in [2.45, 2.75) is 24.8 Å². The van der Waals surface area contributed by atoms with E-state index in [-0.39, 0.29) is 11.7 Å². The molecule has 3 unspecified atom stereocenters. The second-order valence-corrected chi connectivity index (χ2v) is 6.45. The van der Waals surface area contributed by atoms with Gasteiger partial charge in [0.05, 0.1) is 0 Å².